The molecule has 0 aliphatic heterocycles. The van der Waals surface area contributed by atoms with Gasteiger partial charge in [-0.1, -0.05) is 0 Å². The zero-order valence-electron chi connectivity index (χ0n) is 10.3. The molecule has 0 spiro atoms. The van der Waals surface area contributed by atoms with E-state index < -0.39 is 0 Å². The molecule has 98 valence electrons. The van der Waals surface area contributed by atoms with Crippen molar-refractivity contribution in [1.29, 1.82) is 0 Å². The Bertz CT molecular complexity index is 478. The molecule has 2 aromatic heterocycles. The predicted octanol–water partition coefficient (Wildman–Crippen LogP) is 1.23. The highest BCUT2D eigenvalue weighted by Gasteiger charge is 2.02. The summed E-state index contributed by atoms with van der Waals surface area (Å²) in [6.45, 7) is 1.83. The van der Waals surface area contributed by atoms with Crippen LogP contribution in [0.3, 0.4) is 0 Å². The molecule has 0 unspecified atom stereocenters. The first-order valence-electron chi connectivity index (χ1n) is 5.76. The summed E-state index contributed by atoms with van der Waals surface area (Å²) < 4.78 is 12.2. The van der Waals surface area contributed by atoms with Crippen LogP contribution in [-0.4, -0.2) is 28.6 Å². The van der Waals surface area contributed by atoms with Gasteiger partial charge in [-0.25, -0.2) is 0 Å². The van der Waals surface area contributed by atoms with Gasteiger partial charge < -0.3 is 19.6 Å². The first-order valence-corrected chi connectivity index (χ1v) is 5.76. The van der Waals surface area contributed by atoms with E-state index >= 15 is 0 Å². The summed E-state index contributed by atoms with van der Waals surface area (Å²) in [5.74, 6) is 2.12. The Balaban J connectivity index is 1.84. The van der Waals surface area contributed by atoms with Gasteiger partial charge in [-0.2, -0.15) is 5.10 Å². The molecular weight excluding hydrogens is 234 g/mol. The van der Waals surface area contributed by atoms with E-state index in [1.807, 2.05) is 23.0 Å². The van der Waals surface area contributed by atoms with Crippen molar-refractivity contribution in [1.82, 2.24) is 9.78 Å². The monoisotopic (exact) mass is 251 g/mol. The molecule has 0 aliphatic carbocycles. The first-order chi connectivity index (χ1) is 8.81. The lowest BCUT2D eigenvalue weighted by Gasteiger charge is -2.01. The van der Waals surface area contributed by atoms with Crippen LogP contribution < -0.4 is 5.32 Å². The standard InChI is InChI=1S/C12H17N3O3/c1-17-7-6-15-5-4-12(14-15)13-8-10-2-3-11(9-16)18-10/h2-5,16H,6-9H2,1H3,(H,13,14). The van der Waals surface area contributed by atoms with Crippen LogP contribution in [0.2, 0.25) is 0 Å². The quantitative estimate of drug-likeness (QED) is 0.774. The van der Waals surface area contributed by atoms with Crippen LogP contribution in [-0.2, 0) is 24.4 Å². The van der Waals surface area contributed by atoms with Gasteiger partial charge in [-0.3, -0.25) is 4.68 Å². The maximum Gasteiger partial charge on any atom is 0.148 e. The fraction of sp³-hybridized carbons (Fsp3) is 0.417. The third-order valence-corrected chi connectivity index (χ3v) is 2.48. The molecule has 6 heteroatoms. The lowest BCUT2D eigenvalue weighted by molar-refractivity contribution is 0.183. The molecule has 0 aromatic carbocycles. The van der Waals surface area contributed by atoms with E-state index in [1.54, 1.807) is 13.2 Å². The van der Waals surface area contributed by atoms with Crippen molar-refractivity contribution >= 4 is 5.82 Å². The number of hydrogen-bond donors (Lipinski definition) is 2. The smallest absolute Gasteiger partial charge is 0.148 e. The topological polar surface area (TPSA) is 72.5 Å². The minimum absolute atomic E-state index is 0.0777. The van der Waals surface area contributed by atoms with Crippen molar-refractivity contribution in [3.63, 3.8) is 0 Å². The molecule has 0 saturated heterocycles. The number of methoxy groups -OCH3 is 1. The molecule has 0 amide bonds. The van der Waals surface area contributed by atoms with E-state index in [-0.39, 0.29) is 6.61 Å². The van der Waals surface area contributed by atoms with Crippen molar-refractivity contribution in [2.24, 2.45) is 0 Å². The van der Waals surface area contributed by atoms with E-state index in [2.05, 4.69) is 10.4 Å². The Labute approximate surface area is 105 Å². The normalized spacial score (nSPS) is 10.8. The second-order valence-electron chi connectivity index (χ2n) is 3.84. The van der Waals surface area contributed by atoms with Crippen LogP contribution in [0.15, 0.2) is 28.8 Å². The summed E-state index contributed by atoms with van der Waals surface area (Å²) in [6, 6.07) is 5.49. The van der Waals surface area contributed by atoms with Crippen LogP contribution in [0, 0.1) is 0 Å². The second kappa shape index (κ2) is 6.23. The van der Waals surface area contributed by atoms with E-state index in [0.717, 1.165) is 18.1 Å². The molecule has 0 fully saturated rings. The third-order valence-electron chi connectivity index (χ3n) is 2.48. The van der Waals surface area contributed by atoms with Crippen LogP contribution in [0.4, 0.5) is 5.82 Å². The summed E-state index contributed by atoms with van der Waals surface area (Å²) in [5.41, 5.74) is 0. The molecule has 0 bridgehead atoms. The van der Waals surface area contributed by atoms with Gasteiger partial charge in [0.05, 0.1) is 19.7 Å². The predicted molar refractivity (Wildman–Crippen MR) is 66.1 cm³/mol. The van der Waals surface area contributed by atoms with Gasteiger partial charge in [0, 0.05) is 19.4 Å². The van der Waals surface area contributed by atoms with E-state index in [9.17, 15) is 0 Å². The number of nitrogens with one attached hydrogen (secondary N) is 1. The maximum atomic E-state index is 8.88. The highest BCUT2D eigenvalue weighted by Crippen LogP contribution is 2.10. The Kier molecular flexibility index (Phi) is 4.38. The molecule has 2 N–H and O–H groups in total. The SMILES string of the molecule is COCCn1ccc(NCc2ccc(CO)o2)n1. The zero-order chi connectivity index (χ0) is 12.8. The van der Waals surface area contributed by atoms with Crippen molar-refractivity contribution in [2.75, 3.05) is 19.0 Å². The number of rotatable bonds is 7. The number of anilines is 1. The van der Waals surface area contributed by atoms with Crippen molar-refractivity contribution in [3.8, 4) is 0 Å². The highest BCUT2D eigenvalue weighted by atomic mass is 16.5. The molecule has 0 radical (unpaired) electrons. The second-order valence-corrected chi connectivity index (χ2v) is 3.84. The van der Waals surface area contributed by atoms with Crippen LogP contribution >= 0.6 is 0 Å². The van der Waals surface area contributed by atoms with Crippen molar-refractivity contribution < 1.29 is 14.3 Å². The van der Waals surface area contributed by atoms with Gasteiger partial charge in [0.25, 0.3) is 0 Å². The summed E-state index contributed by atoms with van der Waals surface area (Å²) >= 11 is 0. The molecule has 0 saturated carbocycles. The first kappa shape index (κ1) is 12.7. The third kappa shape index (κ3) is 3.35. The number of nitrogens with zero attached hydrogens (tertiary/aromatic N) is 2. The Morgan fingerprint density at radius 3 is 2.94 bits per heavy atom. The minimum Gasteiger partial charge on any atom is -0.462 e. The van der Waals surface area contributed by atoms with E-state index in [0.29, 0.717) is 18.9 Å². The average Bonchev–Trinajstić information content (AvgIpc) is 3.03. The van der Waals surface area contributed by atoms with E-state index in [1.165, 1.54) is 0 Å². The lowest BCUT2D eigenvalue weighted by atomic mass is 10.4. The minimum atomic E-state index is -0.0777. The fourth-order valence-electron chi connectivity index (χ4n) is 1.55. The zero-order valence-corrected chi connectivity index (χ0v) is 10.3. The number of aliphatic hydroxyl groups is 1. The molecule has 2 heterocycles. The number of ether oxygens (including phenoxy) is 1. The fourth-order valence-corrected chi connectivity index (χ4v) is 1.55. The maximum absolute atomic E-state index is 8.88. The molecule has 0 aliphatic rings. The van der Waals surface area contributed by atoms with Crippen molar-refractivity contribution in [3.05, 3.63) is 35.9 Å². The largest absolute Gasteiger partial charge is 0.462 e. The Morgan fingerprint density at radius 2 is 2.22 bits per heavy atom. The summed E-state index contributed by atoms with van der Waals surface area (Å²) in [5, 5.41) is 16.4. The molecule has 6 nitrogen and oxygen atoms in total. The van der Waals surface area contributed by atoms with Gasteiger partial charge in [0.1, 0.15) is 23.9 Å². The molecule has 2 rings (SSSR count). The number of hydrogen-bond acceptors (Lipinski definition) is 5. The summed E-state index contributed by atoms with van der Waals surface area (Å²) in [7, 11) is 1.66. The lowest BCUT2D eigenvalue weighted by Crippen LogP contribution is -2.06. The summed E-state index contributed by atoms with van der Waals surface area (Å²) in [6.07, 6.45) is 1.89. The van der Waals surface area contributed by atoms with Crippen molar-refractivity contribution in [2.45, 2.75) is 19.7 Å². The average molecular weight is 251 g/mol. The van der Waals surface area contributed by atoms with Gasteiger partial charge in [-0.05, 0) is 12.1 Å². The van der Waals surface area contributed by atoms with Gasteiger partial charge in [0.15, 0.2) is 0 Å². The number of furan rings is 1. The number of aliphatic hydroxyl groups excluding tert-OH is 1. The summed E-state index contributed by atoms with van der Waals surface area (Å²) in [4.78, 5) is 0. The Hall–Kier alpha value is -1.79. The molecular formula is C12H17N3O3. The van der Waals surface area contributed by atoms with Gasteiger partial charge in [-0.15, -0.1) is 0 Å². The van der Waals surface area contributed by atoms with Crippen LogP contribution in [0.1, 0.15) is 11.5 Å². The van der Waals surface area contributed by atoms with Crippen LogP contribution in [0.25, 0.3) is 0 Å². The van der Waals surface area contributed by atoms with Gasteiger partial charge in [0.2, 0.25) is 0 Å². The Morgan fingerprint density at radius 1 is 1.39 bits per heavy atom. The van der Waals surface area contributed by atoms with E-state index in [4.69, 9.17) is 14.3 Å². The number of aromatic nitrogens is 2. The molecule has 0 atom stereocenters. The highest BCUT2D eigenvalue weighted by molar-refractivity contribution is 5.32. The molecule has 18 heavy (non-hydrogen) atoms. The van der Waals surface area contributed by atoms with Crippen LogP contribution in [0.5, 0.6) is 0 Å². The van der Waals surface area contributed by atoms with Gasteiger partial charge >= 0.3 is 0 Å². The molecule has 2 aromatic rings.